The molecule has 2 unspecified atom stereocenters. The number of carbonyl (C=O) groups excluding carboxylic acids is 1. The van der Waals surface area contributed by atoms with Crippen LogP contribution in [0.25, 0.3) is 0 Å². The maximum atomic E-state index is 12.3. The molecule has 1 aliphatic carbocycles. The molecule has 23 heavy (non-hydrogen) atoms. The molecule has 2 aliphatic rings. The SMILES string of the molecule is C=C1CC2COC(=O)C2(Cc2ccc(OCCC(C)C)cc2)C1. The number of allylic oxidation sites excluding steroid dienone is 1. The zero-order chi connectivity index (χ0) is 16.4. The first-order valence-corrected chi connectivity index (χ1v) is 8.55. The third kappa shape index (κ3) is 3.29. The summed E-state index contributed by atoms with van der Waals surface area (Å²) in [6.07, 6.45) is 3.48. The Morgan fingerprint density at radius 3 is 2.78 bits per heavy atom. The summed E-state index contributed by atoms with van der Waals surface area (Å²) < 4.78 is 11.1. The summed E-state index contributed by atoms with van der Waals surface area (Å²) in [7, 11) is 0. The minimum Gasteiger partial charge on any atom is -0.494 e. The molecular formula is C20H26O3. The highest BCUT2D eigenvalue weighted by Crippen LogP contribution is 2.52. The van der Waals surface area contributed by atoms with Crippen LogP contribution in [0.3, 0.4) is 0 Å². The van der Waals surface area contributed by atoms with E-state index < -0.39 is 0 Å². The second-order valence-corrected chi connectivity index (χ2v) is 7.43. The lowest BCUT2D eigenvalue weighted by Gasteiger charge is -2.24. The molecular weight excluding hydrogens is 288 g/mol. The summed E-state index contributed by atoms with van der Waals surface area (Å²) in [5, 5.41) is 0. The van der Waals surface area contributed by atoms with E-state index in [9.17, 15) is 4.79 Å². The van der Waals surface area contributed by atoms with Crippen LogP contribution in [0, 0.1) is 17.3 Å². The van der Waals surface area contributed by atoms with E-state index in [1.165, 1.54) is 11.1 Å². The van der Waals surface area contributed by atoms with Gasteiger partial charge in [0, 0.05) is 5.92 Å². The van der Waals surface area contributed by atoms with E-state index in [1.807, 2.05) is 12.1 Å². The Balaban J connectivity index is 1.66. The molecule has 0 bridgehead atoms. The fourth-order valence-corrected chi connectivity index (χ4v) is 3.74. The molecule has 1 saturated carbocycles. The lowest BCUT2D eigenvalue weighted by atomic mass is 9.75. The number of rotatable bonds is 6. The van der Waals surface area contributed by atoms with Gasteiger partial charge in [-0.05, 0) is 49.3 Å². The lowest BCUT2D eigenvalue weighted by molar-refractivity contribution is -0.146. The van der Waals surface area contributed by atoms with E-state index in [1.54, 1.807) is 0 Å². The highest BCUT2D eigenvalue weighted by molar-refractivity contribution is 5.81. The van der Waals surface area contributed by atoms with Gasteiger partial charge in [0.2, 0.25) is 0 Å². The van der Waals surface area contributed by atoms with Crippen molar-refractivity contribution in [1.82, 2.24) is 0 Å². The van der Waals surface area contributed by atoms with Crippen molar-refractivity contribution in [2.75, 3.05) is 13.2 Å². The Hall–Kier alpha value is -1.77. The van der Waals surface area contributed by atoms with Crippen molar-refractivity contribution in [3.05, 3.63) is 42.0 Å². The van der Waals surface area contributed by atoms with E-state index >= 15 is 0 Å². The van der Waals surface area contributed by atoms with E-state index in [2.05, 4.69) is 32.6 Å². The number of benzene rings is 1. The first kappa shape index (κ1) is 16.1. The number of cyclic esters (lactones) is 1. The Labute approximate surface area is 138 Å². The largest absolute Gasteiger partial charge is 0.494 e. The van der Waals surface area contributed by atoms with Gasteiger partial charge in [-0.3, -0.25) is 4.79 Å². The summed E-state index contributed by atoms with van der Waals surface area (Å²) >= 11 is 0. The Bertz CT molecular complexity index is 587. The lowest BCUT2D eigenvalue weighted by Crippen LogP contribution is -2.31. The van der Waals surface area contributed by atoms with Crippen LogP contribution in [-0.2, 0) is 16.0 Å². The number of carbonyl (C=O) groups is 1. The predicted molar refractivity (Wildman–Crippen MR) is 90.4 cm³/mol. The molecule has 124 valence electrons. The Morgan fingerprint density at radius 1 is 1.35 bits per heavy atom. The van der Waals surface area contributed by atoms with Gasteiger partial charge in [-0.1, -0.05) is 38.1 Å². The molecule has 1 aromatic carbocycles. The number of ether oxygens (including phenoxy) is 2. The summed E-state index contributed by atoms with van der Waals surface area (Å²) in [6.45, 7) is 9.77. The van der Waals surface area contributed by atoms with Gasteiger partial charge in [0.1, 0.15) is 5.75 Å². The highest BCUT2D eigenvalue weighted by atomic mass is 16.5. The van der Waals surface area contributed by atoms with E-state index in [0.717, 1.165) is 38.0 Å². The number of fused-ring (bicyclic) bond motifs is 1. The monoisotopic (exact) mass is 314 g/mol. The highest BCUT2D eigenvalue weighted by Gasteiger charge is 2.55. The van der Waals surface area contributed by atoms with Crippen LogP contribution in [0.2, 0.25) is 0 Å². The smallest absolute Gasteiger partial charge is 0.313 e. The van der Waals surface area contributed by atoms with Gasteiger partial charge in [0.25, 0.3) is 0 Å². The molecule has 1 aliphatic heterocycles. The normalized spacial score (nSPS) is 26.5. The fourth-order valence-electron chi connectivity index (χ4n) is 3.74. The summed E-state index contributed by atoms with van der Waals surface area (Å²) in [6, 6.07) is 8.16. The average Bonchev–Trinajstić information content (AvgIpc) is 2.96. The van der Waals surface area contributed by atoms with Crippen molar-refractivity contribution in [2.24, 2.45) is 17.3 Å². The van der Waals surface area contributed by atoms with Crippen molar-refractivity contribution >= 4 is 5.97 Å². The van der Waals surface area contributed by atoms with Crippen LogP contribution in [0.1, 0.15) is 38.7 Å². The molecule has 3 rings (SSSR count). The second kappa shape index (κ2) is 6.38. The van der Waals surface area contributed by atoms with Crippen molar-refractivity contribution in [2.45, 2.75) is 39.5 Å². The third-order valence-electron chi connectivity index (χ3n) is 5.11. The standard InChI is InChI=1S/C20H26O3/c1-14(2)8-9-22-18-6-4-16(5-7-18)12-20-11-15(3)10-17(20)13-23-19(20)21/h4-7,14,17H,3,8-13H2,1-2H3. The number of hydrogen-bond donors (Lipinski definition) is 0. The Morgan fingerprint density at radius 2 is 2.09 bits per heavy atom. The second-order valence-electron chi connectivity index (χ2n) is 7.43. The van der Waals surface area contributed by atoms with Crippen molar-refractivity contribution in [1.29, 1.82) is 0 Å². The van der Waals surface area contributed by atoms with E-state index in [0.29, 0.717) is 18.4 Å². The van der Waals surface area contributed by atoms with Gasteiger partial charge in [-0.15, -0.1) is 0 Å². The first-order chi connectivity index (χ1) is 11.0. The van der Waals surface area contributed by atoms with E-state index in [4.69, 9.17) is 9.47 Å². The minimum absolute atomic E-state index is 0.0431. The van der Waals surface area contributed by atoms with E-state index in [-0.39, 0.29) is 11.4 Å². The van der Waals surface area contributed by atoms with Crippen LogP contribution in [0.15, 0.2) is 36.4 Å². The van der Waals surface area contributed by atoms with Crippen molar-refractivity contribution in [3.63, 3.8) is 0 Å². The zero-order valence-corrected chi connectivity index (χ0v) is 14.1. The topological polar surface area (TPSA) is 35.5 Å². The predicted octanol–water partition coefficient (Wildman–Crippen LogP) is 4.16. The maximum absolute atomic E-state index is 12.3. The zero-order valence-electron chi connectivity index (χ0n) is 14.1. The average molecular weight is 314 g/mol. The van der Waals surface area contributed by atoms with Gasteiger partial charge in [-0.2, -0.15) is 0 Å². The molecule has 1 aromatic rings. The quantitative estimate of drug-likeness (QED) is 0.584. The van der Waals surface area contributed by atoms with Gasteiger partial charge in [-0.25, -0.2) is 0 Å². The first-order valence-electron chi connectivity index (χ1n) is 8.55. The maximum Gasteiger partial charge on any atom is 0.313 e. The van der Waals surface area contributed by atoms with Crippen molar-refractivity contribution < 1.29 is 14.3 Å². The van der Waals surface area contributed by atoms with Crippen LogP contribution < -0.4 is 4.74 Å². The molecule has 2 fully saturated rings. The molecule has 2 atom stereocenters. The molecule has 1 heterocycles. The Kier molecular flexibility index (Phi) is 4.47. The van der Waals surface area contributed by atoms with Gasteiger partial charge < -0.3 is 9.47 Å². The van der Waals surface area contributed by atoms with Crippen LogP contribution >= 0.6 is 0 Å². The molecule has 3 nitrogen and oxygen atoms in total. The molecule has 0 N–H and O–H groups in total. The van der Waals surface area contributed by atoms with Gasteiger partial charge in [0.15, 0.2) is 0 Å². The van der Waals surface area contributed by atoms with Gasteiger partial charge in [0.05, 0.1) is 18.6 Å². The van der Waals surface area contributed by atoms with Crippen LogP contribution in [-0.4, -0.2) is 19.2 Å². The number of esters is 1. The summed E-state index contributed by atoms with van der Waals surface area (Å²) in [4.78, 5) is 12.3. The number of hydrogen-bond acceptors (Lipinski definition) is 3. The van der Waals surface area contributed by atoms with Gasteiger partial charge >= 0.3 is 5.97 Å². The summed E-state index contributed by atoms with van der Waals surface area (Å²) in [5.41, 5.74) is 1.97. The molecule has 3 heteroatoms. The third-order valence-corrected chi connectivity index (χ3v) is 5.11. The minimum atomic E-state index is -0.378. The van der Waals surface area contributed by atoms with Crippen molar-refractivity contribution in [3.8, 4) is 5.75 Å². The molecule has 0 amide bonds. The van der Waals surface area contributed by atoms with Crippen LogP contribution in [0.4, 0.5) is 0 Å². The molecule has 0 radical (unpaired) electrons. The molecule has 0 aromatic heterocycles. The van der Waals surface area contributed by atoms with Crippen LogP contribution in [0.5, 0.6) is 5.75 Å². The fraction of sp³-hybridized carbons (Fsp3) is 0.550. The summed E-state index contributed by atoms with van der Waals surface area (Å²) in [5.74, 6) is 1.80. The molecule has 0 spiro atoms. The molecule has 1 saturated heterocycles.